The lowest BCUT2D eigenvalue weighted by atomic mass is 9.92. The van der Waals surface area contributed by atoms with Gasteiger partial charge in [0, 0.05) is 49.8 Å². The van der Waals surface area contributed by atoms with Crippen LogP contribution in [-0.2, 0) is 27.2 Å². The van der Waals surface area contributed by atoms with Crippen LogP contribution in [0.4, 0.5) is 42.0 Å². The molecule has 0 saturated carbocycles. The molecule has 236 valence electrons. The maximum Gasteiger partial charge on any atom is 0.421 e. The van der Waals surface area contributed by atoms with Crippen LogP contribution in [0.15, 0.2) is 42.6 Å². The molecule has 15 heteroatoms. The van der Waals surface area contributed by atoms with Gasteiger partial charge in [0.05, 0.1) is 29.6 Å². The Hall–Kier alpha value is -3.71. The van der Waals surface area contributed by atoms with Gasteiger partial charge in [0.1, 0.15) is 11.4 Å². The molecule has 1 aromatic heterocycles. The monoisotopic (exact) mass is 634 g/mol. The Morgan fingerprint density at radius 3 is 2.27 bits per heavy atom. The SMILES string of the molecule is CCC(CC)(c1ccc(Nc2ncc(C(F)(F)F)c(Nc3ccc(N4CCOCC4)c4c3C(=O)N(C)C4)n2)cc1)P(=O)(O)O. The molecule has 0 atom stereocenters. The molecule has 11 nitrogen and oxygen atoms in total. The number of fused-ring (bicyclic) bond motifs is 1. The number of rotatable bonds is 9. The number of benzene rings is 2. The van der Waals surface area contributed by atoms with Crippen molar-refractivity contribution in [2.24, 2.45) is 0 Å². The molecule has 0 bridgehead atoms. The predicted molar refractivity (Wildman–Crippen MR) is 160 cm³/mol. The van der Waals surface area contributed by atoms with Crippen molar-refractivity contribution in [3.05, 3.63) is 64.8 Å². The van der Waals surface area contributed by atoms with Crippen LogP contribution >= 0.6 is 7.60 Å². The largest absolute Gasteiger partial charge is 0.421 e. The summed E-state index contributed by atoms with van der Waals surface area (Å²) >= 11 is 0. The molecule has 1 fully saturated rings. The van der Waals surface area contributed by atoms with Crippen LogP contribution in [-0.4, -0.2) is 63.9 Å². The summed E-state index contributed by atoms with van der Waals surface area (Å²) in [6, 6.07) is 9.63. The van der Waals surface area contributed by atoms with Crippen molar-refractivity contribution in [2.45, 2.75) is 44.6 Å². The molecule has 0 spiro atoms. The van der Waals surface area contributed by atoms with Crippen molar-refractivity contribution in [3.63, 3.8) is 0 Å². The number of carbonyl (C=O) groups excluding carboxylic acids is 1. The number of ether oxygens (including phenoxy) is 1. The second-order valence-electron chi connectivity index (χ2n) is 10.8. The van der Waals surface area contributed by atoms with E-state index in [9.17, 15) is 32.3 Å². The molecular formula is C29H34F3N6O5P. The van der Waals surface area contributed by atoms with Crippen molar-refractivity contribution in [1.82, 2.24) is 14.9 Å². The number of amides is 1. The van der Waals surface area contributed by atoms with Crippen molar-refractivity contribution in [3.8, 4) is 0 Å². The minimum atomic E-state index is -4.79. The molecule has 0 aliphatic carbocycles. The molecule has 2 aliphatic heterocycles. The Labute approximate surface area is 252 Å². The number of hydrogen-bond acceptors (Lipinski definition) is 8. The average Bonchev–Trinajstić information content (AvgIpc) is 3.28. The Morgan fingerprint density at radius 2 is 1.68 bits per heavy atom. The Bertz CT molecular complexity index is 1590. The number of anilines is 5. The Morgan fingerprint density at radius 1 is 1.02 bits per heavy atom. The first-order valence-electron chi connectivity index (χ1n) is 14.2. The van der Waals surface area contributed by atoms with E-state index >= 15 is 0 Å². The van der Waals surface area contributed by atoms with Crippen molar-refractivity contribution in [1.29, 1.82) is 0 Å². The highest BCUT2D eigenvalue weighted by molar-refractivity contribution is 7.53. The number of carbonyl (C=O) groups is 1. The average molecular weight is 635 g/mol. The highest BCUT2D eigenvalue weighted by atomic mass is 31.2. The second-order valence-corrected chi connectivity index (χ2v) is 12.8. The van der Waals surface area contributed by atoms with Gasteiger partial charge in [-0.3, -0.25) is 9.36 Å². The third-order valence-corrected chi connectivity index (χ3v) is 10.4. The number of alkyl halides is 3. The van der Waals surface area contributed by atoms with Gasteiger partial charge >= 0.3 is 13.8 Å². The molecule has 3 aromatic rings. The fraction of sp³-hybridized carbons (Fsp3) is 0.414. The summed E-state index contributed by atoms with van der Waals surface area (Å²) in [5, 5.41) is 4.27. The molecule has 44 heavy (non-hydrogen) atoms. The van der Waals surface area contributed by atoms with Crippen LogP contribution in [0.3, 0.4) is 0 Å². The lowest BCUT2D eigenvalue weighted by Gasteiger charge is -2.33. The zero-order valence-electron chi connectivity index (χ0n) is 24.5. The van der Waals surface area contributed by atoms with Crippen molar-refractivity contribution < 1.29 is 37.1 Å². The van der Waals surface area contributed by atoms with Gasteiger partial charge in [-0.1, -0.05) is 26.0 Å². The van der Waals surface area contributed by atoms with Gasteiger partial charge in [0.15, 0.2) is 0 Å². The van der Waals surface area contributed by atoms with Crippen LogP contribution in [0.25, 0.3) is 0 Å². The maximum atomic E-state index is 14.1. The van der Waals surface area contributed by atoms with E-state index in [4.69, 9.17) is 4.74 Å². The first-order chi connectivity index (χ1) is 20.8. The van der Waals surface area contributed by atoms with Crippen molar-refractivity contribution in [2.75, 3.05) is 48.9 Å². The number of aromatic nitrogens is 2. The third kappa shape index (κ3) is 5.86. The second kappa shape index (κ2) is 12.0. The van der Waals surface area contributed by atoms with E-state index in [0.717, 1.165) is 11.3 Å². The van der Waals surface area contributed by atoms with Crippen LogP contribution in [0.1, 0.15) is 53.7 Å². The first-order valence-corrected chi connectivity index (χ1v) is 15.8. The topological polar surface area (TPSA) is 140 Å². The summed E-state index contributed by atoms with van der Waals surface area (Å²) in [6.45, 7) is 6.06. The van der Waals surface area contributed by atoms with Crippen LogP contribution < -0.4 is 15.5 Å². The number of hydrogen-bond donors (Lipinski definition) is 4. The maximum absolute atomic E-state index is 14.1. The minimum absolute atomic E-state index is 0.148. The molecule has 2 aromatic carbocycles. The molecule has 2 aliphatic rings. The fourth-order valence-electron chi connectivity index (χ4n) is 5.85. The van der Waals surface area contributed by atoms with Crippen LogP contribution in [0, 0.1) is 0 Å². The van der Waals surface area contributed by atoms with Gasteiger partial charge in [-0.2, -0.15) is 18.2 Å². The van der Waals surface area contributed by atoms with Crippen LogP contribution in [0.2, 0.25) is 0 Å². The Kier molecular flexibility index (Phi) is 8.65. The van der Waals surface area contributed by atoms with Gasteiger partial charge in [-0.05, 0) is 42.7 Å². The predicted octanol–water partition coefficient (Wildman–Crippen LogP) is 5.60. The van der Waals surface area contributed by atoms with Gasteiger partial charge in [0.25, 0.3) is 5.91 Å². The zero-order chi connectivity index (χ0) is 31.9. The highest BCUT2D eigenvalue weighted by Crippen LogP contribution is 2.61. The summed E-state index contributed by atoms with van der Waals surface area (Å²) in [4.78, 5) is 44.9. The molecular weight excluding hydrogens is 600 g/mol. The highest BCUT2D eigenvalue weighted by Gasteiger charge is 2.45. The minimum Gasteiger partial charge on any atom is -0.378 e. The number of halogens is 3. The summed E-state index contributed by atoms with van der Waals surface area (Å²) in [6.07, 6.45) is -3.69. The molecule has 0 unspecified atom stereocenters. The van der Waals surface area contributed by atoms with E-state index in [-0.39, 0.29) is 35.9 Å². The smallest absolute Gasteiger partial charge is 0.378 e. The summed E-state index contributed by atoms with van der Waals surface area (Å²) in [5.41, 5.74) is 1.77. The van der Waals surface area contributed by atoms with E-state index in [1.165, 1.54) is 4.90 Å². The zero-order valence-corrected chi connectivity index (χ0v) is 25.4. The van der Waals surface area contributed by atoms with Gasteiger partial charge in [-0.15, -0.1) is 0 Å². The normalized spacial score (nSPS) is 15.9. The molecule has 4 N–H and O–H groups in total. The van der Waals surface area contributed by atoms with E-state index < -0.39 is 30.3 Å². The van der Waals surface area contributed by atoms with Crippen molar-refractivity contribution >= 4 is 42.3 Å². The summed E-state index contributed by atoms with van der Waals surface area (Å²) in [7, 11) is -2.85. The molecule has 5 rings (SSSR count). The van der Waals surface area contributed by atoms with E-state index in [2.05, 4.69) is 25.5 Å². The molecule has 1 amide bonds. The standard InChI is InChI=1S/C29H34F3N6O5P/c1-4-28(5-2,44(40,41)42)18-6-8-19(9-7-18)34-27-33-16-21(29(30,31)32)25(36-27)35-22-10-11-23(38-12-14-43-15-13-38)20-17-37(3)26(39)24(20)22/h6-11,16H,4-5,12-15,17H2,1-3H3,(H2,40,41,42)(H2,33,34,35,36). The quantitative estimate of drug-likeness (QED) is 0.220. The van der Waals surface area contributed by atoms with Gasteiger partial charge in [0.2, 0.25) is 5.95 Å². The molecule has 1 saturated heterocycles. The fourth-order valence-corrected chi connectivity index (χ4v) is 7.16. The lowest BCUT2D eigenvalue weighted by molar-refractivity contribution is -0.137. The molecule has 0 radical (unpaired) electrons. The summed E-state index contributed by atoms with van der Waals surface area (Å²) in [5.74, 6) is -0.998. The van der Waals surface area contributed by atoms with E-state index in [0.29, 0.717) is 50.3 Å². The third-order valence-electron chi connectivity index (χ3n) is 8.35. The Balaban J connectivity index is 1.48. The first kappa shape index (κ1) is 31.7. The van der Waals surface area contributed by atoms with Gasteiger partial charge in [-0.25, -0.2) is 4.98 Å². The van der Waals surface area contributed by atoms with E-state index in [1.807, 2.05) is 0 Å². The van der Waals surface area contributed by atoms with E-state index in [1.54, 1.807) is 57.3 Å². The lowest BCUT2D eigenvalue weighted by Crippen LogP contribution is -2.36. The number of morpholine rings is 1. The summed E-state index contributed by atoms with van der Waals surface area (Å²) < 4.78 is 59.9. The molecule has 3 heterocycles. The number of nitrogens with one attached hydrogen (secondary N) is 2. The van der Waals surface area contributed by atoms with Gasteiger partial charge < -0.3 is 35.0 Å². The number of nitrogens with zero attached hydrogens (tertiary/aromatic N) is 4. The van der Waals surface area contributed by atoms with Crippen LogP contribution in [0.5, 0.6) is 0 Å².